The third kappa shape index (κ3) is 3.88. The fourth-order valence-electron chi connectivity index (χ4n) is 3.38. The van der Waals surface area contributed by atoms with Crippen LogP contribution < -0.4 is 10.6 Å². The minimum atomic E-state index is -0.596. The van der Waals surface area contributed by atoms with Gasteiger partial charge in [0.05, 0.1) is 5.69 Å². The molecule has 2 aromatic rings. The van der Waals surface area contributed by atoms with E-state index in [0.717, 1.165) is 30.2 Å². The second-order valence-electron chi connectivity index (χ2n) is 7.30. The number of benzene rings is 1. The zero-order chi connectivity index (χ0) is 19.6. The standard InChI is InChI=1S/C20H27N5O2/c1-13(2)16(19(26)21-3)23-20(27)17-15-12-24(4)10-11-25(15)18(22-17)14-8-6-5-7-9-14/h5-9,13,16H,10-12H2,1-4H3,(H,21,26)(H,23,27). The van der Waals surface area contributed by atoms with Gasteiger partial charge in [-0.3, -0.25) is 14.5 Å². The molecule has 27 heavy (non-hydrogen) atoms. The fourth-order valence-corrected chi connectivity index (χ4v) is 3.38. The zero-order valence-electron chi connectivity index (χ0n) is 16.3. The summed E-state index contributed by atoms with van der Waals surface area (Å²) in [5, 5.41) is 5.48. The first-order valence-corrected chi connectivity index (χ1v) is 9.28. The van der Waals surface area contributed by atoms with Crippen LogP contribution in [0.3, 0.4) is 0 Å². The second kappa shape index (κ2) is 7.92. The molecule has 7 nitrogen and oxygen atoms in total. The van der Waals surface area contributed by atoms with Gasteiger partial charge in [0.25, 0.3) is 5.91 Å². The minimum Gasteiger partial charge on any atom is -0.357 e. The van der Waals surface area contributed by atoms with Crippen LogP contribution in [-0.4, -0.2) is 52.9 Å². The van der Waals surface area contributed by atoms with Gasteiger partial charge in [-0.15, -0.1) is 0 Å². The number of amides is 2. The van der Waals surface area contributed by atoms with Crippen molar-refractivity contribution in [3.8, 4) is 11.4 Å². The summed E-state index contributed by atoms with van der Waals surface area (Å²) in [4.78, 5) is 32.0. The highest BCUT2D eigenvalue weighted by atomic mass is 16.2. The lowest BCUT2D eigenvalue weighted by Gasteiger charge is -2.26. The molecule has 0 radical (unpaired) electrons. The lowest BCUT2D eigenvalue weighted by molar-refractivity contribution is -0.123. The predicted molar refractivity (Wildman–Crippen MR) is 104 cm³/mol. The maximum atomic E-state index is 13.0. The van der Waals surface area contributed by atoms with Crippen LogP contribution in [0.15, 0.2) is 30.3 Å². The first-order valence-electron chi connectivity index (χ1n) is 9.28. The minimum absolute atomic E-state index is 0.0244. The van der Waals surface area contributed by atoms with E-state index in [4.69, 9.17) is 0 Å². The molecule has 0 saturated carbocycles. The fraction of sp³-hybridized carbons (Fsp3) is 0.450. The molecule has 1 unspecified atom stereocenters. The Balaban J connectivity index is 1.98. The molecule has 1 aromatic heterocycles. The van der Waals surface area contributed by atoms with Crippen LogP contribution in [0.25, 0.3) is 11.4 Å². The number of imidazole rings is 1. The molecular formula is C20H27N5O2. The molecule has 7 heteroatoms. The Kier molecular flexibility index (Phi) is 5.60. The first-order chi connectivity index (χ1) is 12.9. The summed E-state index contributed by atoms with van der Waals surface area (Å²) < 4.78 is 2.12. The van der Waals surface area contributed by atoms with Gasteiger partial charge in [0, 0.05) is 32.2 Å². The van der Waals surface area contributed by atoms with Gasteiger partial charge < -0.3 is 15.2 Å². The average molecular weight is 369 g/mol. The van der Waals surface area contributed by atoms with Gasteiger partial charge in [0.1, 0.15) is 11.9 Å². The van der Waals surface area contributed by atoms with Crippen LogP contribution >= 0.6 is 0 Å². The van der Waals surface area contributed by atoms with Crippen molar-refractivity contribution in [2.24, 2.45) is 5.92 Å². The van der Waals surface area contributed by atoms with E-state index in [2.05, 4.69) is 25.1 Å². The summed E-state index contributed by atoms with van der Waals surface area (Å²) in [5.41, 5.74) is 2.27. The number of hydrogen-bond donors (Lipinski definition) is 2. The summed E-state index contributed by atoms with van der Waals surface area (Å²) in [6, 6.07) is 9.29. The van der Waals surface area contributed by atoms with Gasteiger partial charge in [0.2, 0.25) is 5.91 Å². The van der Waals surface area contributed by atoms with Crippen LogP contribution in [0.4, 0.5) is 0 Å². The van der Waals surface area contributed by atoms with Gasteiger partial charge >= 0.3 is 0 Å². The van der Waals surface area contributed by atoms with E-state index in [1.165, 1.54) is 0 Å². The average Bonchev–Trinajstić information content (AvgIpc) is 3.04. The molecule has 2 heterocycles. The maximum Gasteiger partial charge on any atom is 0.272 e. The number of fused-ring (bicyclic) bond motifs is 1. The molecule has 0 fully saturated rings. The van der Waals surface area contributed by atoms with Gasteiger partial charge in [-0.05, 0) is 13.0 Å². The smallest absolute Gasteiger partial charge is 0.272 e. The molecular weight excluding hydrogens is 342 g/mol. The van der Waals surface area contributed by atoms with E-state index in [1.807, 2.05) is 51.2 Å². The summed E-state index contributed by atoms with van der Waals surface area (Å²) in [7, 11) is 3.60. The molecule has 2 amide bonds. The molecule has 0 bridgehead atoms. The quantitative estimate of drug-likeness (QED) is 0.837. The van der Waals surface area contributed by atoms with E-state index in [-0.39, 0.29) is 17.7 Å². The van der Waals surface area contributed by atoms with Crippen LogP contribution in [0.2, 0.25) is 0 Å². The summed E-state index contributed by atoms with van der Waals surface area (Å²) in [6.45, 7) is 6.14. The molecule has 3 rings (SSSR count). The largest absolute Gasteiger partial charge is 0.357 e. The number of carbonyl (C=O) groups is 2. The Bertz CT molecular complexity index is 828. The lowest BCUT2D eigenvalue weighted by atomic mass is 10.0. The Morgan fingerprint density at radius 1 is 1.15 bits per heavy atom. The van der Waals surface area contributed by atoms with Gasteiger partial charge in [-0.25, -0.2) is 4.98 Å². The number of likely N-dealkylation sites (N-methyl/N-ethyl adjacent to an activating group) is 2. The van der Waals surface area contributed by atoms with Crippen molar-refractivity contribution in [2.75, 3.05) is 20.6 Å². The van der Waals surface area contributed by atoms with E-state index < -0.39 is 6.04 Å². The molecule has 1 aromatic carbocycles. The highest BCUT2D eigenvalue weighted by Crippen LogP contribution is 2.26. The lowest BCUT2D eigenvalue weighted by Crippen LogP contribution is -2.49. The van der Waals surface area contributed by atoms with Gasteiger partial charge in [-0.2, -0.15) is 0 Å². The normalized spacial score (nSPS) is 15.3. The van der Waals surface area contributed by atoms with Crippen molar-refractivity contribution in [3.63, 3.8) is 0 Å². The Labute approximate surface area is 159 Å². The first kappa shape index (κ1) is 19.1. The molecule has 0 spiro atoms. The van der Waals surface area contributed by atoms with Crippen LogP contribution in [0.1, 0.15) is 30.0 Å². The van der Waals surface area contributed by atoms with E-state index in [0.29, 0.717) is 12.2 Å². The van der Waals surface area contributed by atoms with Crippen molar-refractivity contribution >= 4 is 11.8 Å². The highest BCUT2D eigenvalue weighted by Gasteiger charge is 2.30. The van der Waals surface area contributed by atoms with Crippen molar-refractivity contribution < 1.29 is 9.59 Å². The van der Waals surface area contributed by atoms with Gasteiger partial charge in [-0.1, -0.05) is 44.2 Å². The molecule has 1 atom stereocenters. The molecule has 0 saturated heterocycles. The molecule has 1 aliphatic rings. The number of hydrogen-bond acceptors (Lipinski definition) is 4. The number of nitrogens with zero attached hydrogens (tertiary/aromatic N) is 3. The maximum absolute atomic E-state index is 13.0. The molecule has 0 aliphatic carbocycles. The number of rotatable bonds is 5. The number of carbonyl (C=O) groups excluding carboxylic acids is 2. The summed E-state index contributed by atoms with van der Waals surface area (Å²) in [6.07, 6.45) is 0. The third-order valence-electron chi connectivity index (χ3n) is 4.93. The van der Waals surface area contributed by atoms with Crippen molar-refractivity contribution in [3.05, 3.63) is 41.7 Å². The number of aromatic nitrogens is 2. The highest BCUT2D eigenvalue weighted by molar-refractivity contribution is 5.97. The number of nitrogens with one attached hydrogen (secondary N) is 2. The summed E-state index contributed by atoms with van der Waals surface area (Å²) in [5.74, 6) is 0.263. The SMILES string of the molecule is CNC(=O)C(NC(=O)c1nc(-c2ccccc2)n2c1CN(C)CC2)C(C)C. The van der Waals surface area contributed by atoms with E-state index >= 15 is 0 Å². The van der Waals surface area contributed by atoms with Crippen molar-refractivity contribution in [1.29, 1.82) is 0 Å². The Morgan fingerprint density at radius 2 is 1.85 bits per heavy atom. The predicted octanol–water partition coefficient (Wildman–Crippen LogP) is 1.50. The molecule has 144 valence electrons. The van der Waals surface area contributed by atoms with Crippen molar-refractivity contribution in [2.45, 2.75) is 33.0 Å². The van der Waals surface area contributed by atoms with Crippen LogP contribution in [-0.2, 0) is 17.9 Å². The monoisotopic (exact) mass is 369 g/mol. The van der Waals surface area contributed by atoms with Crippen LogP contribution in [0.5, 0.6) is 0 Å². The van der Waals surface area contributed by atoms with Gasteiger partial charge in [0.15, 0.2) is 5.69 Å². The van der Waals surface area contributed by atoms with E-state index in [1.54, 1.807) is 7.05 Å². The molecule has 1 aliphatic heterocycles. The topological polar surface area (TPSA) is 79.3 Å². The Hall–Kier alpha value is -2.67. The second-order valence-corrected chi connectivity index (χ2v) is 7.30. The zero-order valence-corrected chi connectivity index (χ0v) is 16.3. The third-order valence-corrected chi connectivity index (χ3v) is 4.93. The van der Waals surface area contributed by atoms with E-state index in [9.17, 15) is 9.59 Å². The summed E-state index contributed by atoms with van der Waals surface area (Å²) >= 11 is 0. The van der Waals surface area contributed by atoms with Crippen LogP contribution in [0, 0.1) is 5.92 Å². The van der Waals surface area contributed by atoms with Crippen molar-refractivity contribution in [1.82, 2.24) is 25.1 Å². The molecule has 2 N–H and O–H groups in total. The Morgan fingerprint density at radius 3 is 2.48 bits per heavy atom.